The average Bonchev–Trinajstić information content (AvgIpc) is 2.59. The first-order valence-electron chi connectivity index (χ1n) is 7.52. The van der Waals surface area contributed by atoms with Gasteiger partial charge in [0.05, 0.1) is 18.5 Å². The first-order chi connectivity index (χ1) is 11.6. The molecule has 0 amide bonds. The van der Waals surface area contributed by atoms with Gasteiger partial charge in [0.15, 0.2) is 16.7 Å². The fourth-order valence-corrected chi connectivity index (χ4v) is 3.11. The second kappa shape index (κ2) is 7.05. The number of hydrogen-bond acceptors (Lipinski definition) is 4. The van der Waals surface area contributed by atoms with Crippen LogP contribution in [-0.2, 0) is 0 Å². The quantitative estimate of drug-likeness (QED) is 0.909. The van der Waals surface area contributed by atoms with Gasteiger partial charge in [0.25, 0.3) is 0 Å². The van der Waals surface area contributed by atoms with E-state index in [-0.39, 0.29) is 5.75 Å². The molecule has 0 unspecified atom stereocenters. The van der Waals surface area contributed by atoms with Gasteiger partial charge in [-0.15, -0.1) is 0 Å². The molecule has 0 aliphatic carbocycles. The van der Waals surface area contributed by atoms with Crippen molar-refractivity contribution in [2.24, 2.45) is 10.1 Å². The minimum atomic E-state index is -0.391. The summed E-state index contributed by atoms with van der Waals surface area (Å²) < 4.78 is 18.8. The lowest BCUT2D eigenvalue weighted by atomic mass is 10.1. The fraction of sp³-hybridized carbons (Fsp3) is 0.222. The molecule has 1 N–H and O–H groups in total. The highest BCUT2D eigenvalue weighted by Gasteiger charge is 2.15. The summed E-state index contributed by atoms with van der Waals surface area (Å²) in [7, 11) is 1.45. The molecule has 0 bridgehead atoms. The fourth-order valence-electron chi connectivity index (χ4n) is 2.33. The van der Waals surface area contributed by atoms with E-state index in [9.17, 15) is 4.39 Å². The molecule has 1 aliphatic rings. The Labute approximate surface area is 144 Å². The van der Waals surface area contributed by atoms with E-state index < -0.39 is 5.82 Å². The van der Waals surface area contributed by atoms with Gasteiger partial charge in [-0.2, -0.15) is 5.10 Å². The van der Waals surface area contributed by atoms with Crippen LogP contribution in [0.1, 0.15) is 16.7 Å². The molecule has 124 valence electrons. The molecule has 1 heterocycles. The number of nitrogens with zero attached hydrogens (tertiary/aromatic N) is 2. The number of nitrogens with one attached hydrogen (secondary N) is 1. The SMILES string of the molecule is COc1ccc(C2=NNC(=Nc3cccc(C)c3C)SC2)cc1F. The highest BCUT2D eigenvalue weighted by molar-refractivity contribution is 8.14. The molecule has 4 nitrogen and oxygen atoms in total. The largest absolute Gasteiger partial charge is 0.494 e. The summed E-state index contributed by atoms with van der Waals surface area (Å²) in [6.07, 6.45) is 0. The molecule has 0 saturated carbocycles. The Morgan fingerprint density at radius 1 is 1.25 bits per heavy atom. The molecule has 0 fully saturated rings. The number of thioether (sulfide) groups is 1. The molecular formula is C18H18FN3OS. The highest BCUT2D eigenvalue weighted by Crippen LogP contribution is 2.25. The van der Waals surface area contributed by atoms with Crippen molar-refractivity contribution in [1.29, 1.82) is 0 Å². The number of amidine groups is 1. The Morgan fingerprint density at radius 2 is 2.08 bits per heavy atom. The topological polar surface area (TPSA) is 46.0 Å². The van der Waals surface area contributed by atoms with Crippen molar-refractivity contribution in [3.63, 3.8) is 0 Å². The van der Waals surface area contributed by atoms with E-state index in [2.05, 4.69) is 35.4 Å². The van der Waals surface area contributed by atoms with Gasteiger partial charge in [-0.3, -0.25) is 5.43 Å². The van der Waals surface area contributed by atoms with Crippen molar-refractivity contribution in [1.82, 2.24) is 5.43 Å². The van der Waals surface area contributed by atoms with Crippen LogP contribution in [0.25, 0.3) is 0 Å². The number of aryl methyl sites for hydroxylation is 1. The van der Waals surface area contributed by atoms with Crippen molar-refractivity contribution < 1.29 is 9.13 Å². The monoisotopic (exact) mass is 343 g/mol. The summed E-state index contributed by atoms with van der Waals surface area (Å²) in [6.45, 7) is 4.12. The molecule has 0 radical (unpaired) electrons. The Morgan fingerprint density at radius 3 is 2.75 bits per heavy atom. The van der Waals surface area contributed by atoms with E-state index in [1.807, 2.05) is 12.1 Å². The zero-order chi connectivity index (χ0) is 17.1. The molecule has 24 heavy (non-hydrogen) atoms. The summed E-state index contributed by atoms with van der Waals surface area (Å²) in [5, 5.41) is 5.07. The number of rotatable bonds is 3. The number of methoxy groups -OCH3 is 1. The third-order valence-electron chi connectivity index (χ3n) is 3.92. The van der Waals surface area contributed by atoms with Gasteiger partial charge in [0.2, 0.25) is 0 Å². The van der Waals surface area contributed by atoms with Crippen molar-refractivity contribution >= 4 is 28.3 Å². The molecule has 0 aromatic heterocycles. The summed E-state index contributed by atoms with van der Waals surface area (Å²) in [5.41, 5.74) is 7.76. The van der Waals surface area contributed by atoms with E-state index in [0.717, 1.165) is 27.7 Å². The lowest BCUT2D eigenvalue weighted by Gasteiger charge is -2.16. The van der Waals surface area contributed by atoms with Crippen LogP contribution in [0, 0.1) is 19.7 Å². The molecule has 1 aliphatic heterocycles. The van der Waals surface area contributed by atoms with Gasteiger partial charge in [-0.05, 0) is 49.2 Å². The van der Waals surface area contributed by atoms with Crippen LogP contribution in [0.4, 0.5) is 10.1 Å². The molecule has 0 saturated heterocycles. The van der Waals surface area contributed by atoms with E-state index in [1.165, 1.54) is 18.7 Å². The smallest absolute Gasteiger partial charge is 0.182 e. The number of hydrogen-bond donors (Lipinski definition) is 1. The van der Waals surface area contributed by atoms with Gasteiger partial charge < -0.3 is 4.74 Å². The number of halogens is 1. The Kier molecular flexibility index (Phi) is 4.85. The first kappa shape index (κ1) is 16.5. The maximum Gasteiger partial charge on any atom is 0.182 e. The second-order valence-electron chi connectivity index (χ2n) is 5.44. The van der Waals surface area contributed by atoms with Gasteiger partial charge in [-0.1, -0.05) is 23.9 Å². The predicted octanol–water partition coefficient (Wildman–Crippen LogP) is 4.18. The molecular weight excluding hydrogens is 325 g/mol. The van der Waals surface area contributed by atoms with Crippen LogP contribution < -0.4 is 10.2 Å². The molecule has 2 aromatic rings. The highest BCUT2D eigenvalue weighted by atomic mass is 32.2. The average molecular weight is 343 g/mol. The zero-order valence-corrected chi connectivity index (χ0v) is 14.6. The van der Waals surface area contributed by atoms with Gasteiger partial charge in [0, 0.05) is 11.3 Å². The summed E-state index contributed by atoms with van der Waals surface area (Å²) >= 11 is 1.55. The maximum absolute atomic E-state index is 13.8. The third-order valence-corrected chi connectivity index (χ3v) is 4.79. The van der Waals surface area contributed by atoms with Crippen LogP contribution in [0.3, 0.4) is 0 Å². The van der Waals surface area contributed by atoms with Gasteiger partial charge in [0.1, 0.15) is 0 Å². The van der Waals surface area contributed by atoms with Gasteiger partial charge >= 0.3 is 0 Å². The van der Waals surface area contributed by atoms with Crippen LogP contribution in [0.15, 0.2) is 46.5 Å². The number of ether oxygens (including phenoxy) is 1. The third kappa shape index (κ3) is 3.43. The number of benzene rings is 2. The second-order valence-corrected chi connectivity index (χ2v) is 6.41. The van der Waals surface area contributed by atoms with Crippen molar-refractivity contribution in [3.05, 3.63) is 58.9 Å². The van der Waals surface area contributed by atoms with E-state index in [0.29, 0.717) is 5.75 Å². The van der Waals surface area contributed by atoms with E-state index >= 15 is 0 Å². The molecule has 0 spiro atoms. The lowest BCUT2D eigenvalue weighted by Crippen LogP contribution is -2.25. The normalized spacial score (nSPS) is 15.8. The first-order valence-corrected chi connectivity index (χ1v) is 8.51. The molecule has 0 atom stereocenters. The standard InChI is InChI=1S/C18H18FN3OS/c1-11-5-4-6-15(12(11)2)20-18-22-21-16(10-24-18)13-7-8-17(23-3)14(19)9-13/h4-9H,10H2,1-3H3,(H,20,22). The van der Waals surface area contributed by atoms with E-state index in [4.69, 9.17) is 4.74 Å². The van der Waals surface area contributed by atoms with Gasteiger partial charge in [-0.25, -0.2) is 9.38 Å². The van der Waals surface area contributed by atoms with Crippen molar-refractivity contribution in [2.75, 3.05) is 12.9 Å². The lowest BCUT2D eigenvalue weighted by molar-refractivity contribution is 0.386. The molecule has 6 heteroatoms. The Balaban J connectivity index is 1.80. The van der Waals surface area contributed by atoms with Crippen LogP contribution >= 0.6 is 11.8 Å². The molecule has 2 aromatic carbocycles. The van der Waals surface area contributed by atoms with Crippen LogP contribution in [0.2, 0.25) is 0 Å². The minimum absolute atomic E-state index is 0.230. The number of hydrazone groups is 1. The molecule has 3 rings (SSSR count). The number of aliphatic imine (C=N–C) groups is 1. The maximum atomic E-state index is 13.8. The summed E-state index contributed by atoms with van der Waals surface area (Å²) in [4.78, 5) is 4.62. The predicted molar refractivity (Wildman–Crippen MR) is 98.1 cm³/mol. The Bertz CT molecular complexity index is 833. The van der Waals surface area contributed by atoms with Crippen molar-refractivity contribution in [3.8, 4) is 5.75 Å². The minimum Gasteiger partial charge on any atom is -0.494 e. The summed E-state index contributed by atoms with van der Waals surface area (Å²) in [6, 6.07) is 10.9. The summed E-state index contributed by atoms with van der Waals surface area (Å²) in [5.74, 6) is 0.466. The Hall–Kier alpha value is -2.34. The zero-order valence-electron chi connectivity index (χ0n) is 13.8. The van der Waals surface area contributed by atoms with Crippen molar-refractivity contribution in [2.45, 2.75) is 13.8 Å². The van der Waals surface area contributed by atoms with Crippen LogP contribution in [-0.4, -0.2) is 23.7 Å². The van der Waals surface area contributed by atoms with E-state index in [1.54, 1.807) is 23.9 Å². The van der Waals surface area contributed by atoms with Crippen LogP contribution in [0.5, 0.6) is 5.75 Å².